The molecule has 0 radical (unpaired) electrons. The van der Waals surface area contributed by atoms with Crippen molar-refractivity contribution < 1.29 is 9.47 Å². The van der Waals surface area contributed by atoms with E-state index in [-0.39, 0.29) is 0 Å². The Morgan fingerprint density at radius 3 is 2.68 bits per heavy atom. The molecule has 144 valence electrons. The summed E-state index contributed by atoms with van der Waals surface area (Å²) < 4.78 is 11.2. The van der Waals surface area contributed by atoms with Gasteiger partial charge in [0.05, 0.1) is 6.10 Å². The van der Waals surface area contributed by atoms with Crippen LogP contribution in [-0.2, 0) is 22.4 Å². The Kier molecular flexibility index (Phi) is 12.6. The Bertz CT molecular complexity index is 440. The number of piperidine rings is 1. The Labute approximate surface area is 154 Å². The first-order valence-corrected chi connectivity index (χ1v) is 9.92. The number of hydrogen-bond acceptors (Lipinski definition) is 4. The van der Waals surface area contributed by atoms with Gasteiger partial charge in [0.15, 0.2) is 0 Å². The van der Waals surface area contributed by atoms with Crippen molar-refractivity contribution in [1.29, 1.82) is 0 Å². The number of nitrogens with two attached hydrogens (primary N) is 1. The predicted octanol–water partition coefficient (Wildman–Crippen LogP) is 3.62. The molecule has 1 aromatic rings. The smallest absolute Gasteiger partial charge is 0.0698 e. The highest BCUT2D eigenvalue weighted by atomic mass is 16.5. The number of benzene rings is 1. The van der Waals surface area contributed by atoms with Crippen molar-refractivity contribution in [3.05, 3.63) is 35.4 Å². The SMILES string of the molecule is CC.COC1CCCN(CCCOCCCc2cccc(CN)c2)C1. The van der Waals surface area contributed by atoms with Gasteiger partial charge >= 0.3 is 0 Å². The molecule has 0 spiro atoms. The normalized spacial score (nSPS) is 17.8. The van der Waals surface area contributed by atoms with Crippen LogP contribution in [0.5, 0.6) is 0 Å². The molecule has 2 rings (SSSR count). The lowest BCUT2D eigenvalue weighted by molar-refractivity contribution is 0.0270. The number of hydrogen-bond donors (Lipinski definition) is 1. The molecule has 0 aliphatic carbocycles. The third kappa shape index (κ3) is 9.36. The van der Waals surface area contributed by atoms with E-state index < -0.39 is 0 Å². The Morgan fingerprint density at radius 1 is 1.16 bits per heavy atom. The van der Waals surface area contributed by atoms with Crippen molar-refractivity contribution in [2.75, 3.05) is 40.0 Å². The standard InChI is InChI=1S/C19H32N2O2.C2H6/c1-22-19-9-3-10-21(16-19)11-5-13-23-12-4-8-17-6-2-7-18(14-17)15-20;1-2/h2,6-7,14,19H,3-5,8-13,15-16,20H2,1H3;1-2H3. The molecule has 4 nitrogen and oxygen atoms in total. The minimum absolute atomic E-state index is 0.425. The Morgan fingerprint density at radius 2 is 1.92 bits per heavy atom. The highest BCUT2D eigenvalue weighted by Crippen LogP contribution is 2.12. The molecule has 1 saturated heterocycles. The van der Waals surface area contributed by atoms with Gasteiger partial charge in [-0.05, 0) is 49.8 Å². The Balaban J connectivity index is 0.00000151. The van der Waals surface area contributed by atoms with Gasteiger partial charge in [-0.1, -0.05) is 38.1 Å². The van der Waals surface area contributed by atoms with Gasteiger partial charge in [0.2, 0.25) is 0 Å². The third-order valence-electron chi connectivity index (χ3n) is 4.54. The molecule has 0 aromatic heterocycles. The van der Waals surface area contributed by atoms with Gasteiger partial charge in [-0.15, -0.1) is 0 Å². The molecule has 1 atom stereocenters. The summed E-state index contributed by atoms with van der Waals surface area (Å²) in [6, 6.07) is 8.53. The molecule has 0 saturated carbocycles. The second kappa shape index (κ2) is 14.3. The number of likely N-dealkylation sites (tertiary alicyclic amines) is 1. The monoisotopic (exact) mass is 350 g/mol. The topological polar surface area (TPSA) is 47.7 Å². The zero-order valence-electron chi connectivity index (χ0n) is 16.5. The molecule has 1 aliphatic rings. The maximum absolute atomic E-state index is 5.77. The first kappa shape index (κ1) is 22.1. The quantitative estimate of drug-likeness (QED) is 0.655. The molecule has 0 amide bonds. The number of aryl methyl sites for hydroxylation is 1. The van der Waals surface area contributed by atoms with Crippen molar-refractivity contribution in [3.8, 4) is 0 Å². The second-order valence-corrected chi connectivity index (χ2v) is 6.39. The lowest BCUT2D eigenvalue weighted by atomic mass is 10.1. The van der Waals surface area contributed by atoms with Crippen LogP contribution in [0.3, 0.4) is 0 Å². The molecule has 1 heterocycles. The van der Waals surface area contributed by atoms with E-state index in [9.17, 15) is 0 Å². The van der Waals surface area contributed by atoms with Crippen LogP contribution in [0.2, 0.25) is 0 Å². The molecule has 1 aromatic carbocycles. The number of nitrogens with zero attached hydrogens (tertiary/aromatic N) is 1. The molecule has 25 heavy (non-hydrogen) atoms. The summed E-state index contributed by atoms with van der Waals surface area (Å²) in [5.41, 5.74) is 8.24. The van der Waals surface area contributed by atoms with Crippen LogP contribution < -0.4 is 5.73 Å². The number of rotatable bonds is 10. The van der Waals surface area contributed by atoms with Gasteiger partial charge in [0.1, 0.15) is 0 Å². The molecule has 4 heteroatoms. The van der Waals surface area contributed by atoms with E-state index in [1.54, 1.807) is 0 Å². The zero-order chi connectivity index (χ0) is 18.3. The Hall–Kier alpha value is -0.940. The molecule has 1 unspecified atom stereocenters. The summed E-state index contributed by atoms with van der Waals surface area (Å²) in [5, 5.41) is 0. The van der Waals surface area contributed by atoms with E-state index in [1.807, 2.05) is 21.0 Å². The fourth-order valence-corrected chi connectivity index (χ4v) is 3.19. The van der Waals surface area contributed by atoms with Gasteiger partial charge < -0.3 is 20.1 Å². The molecular weight excluding hydrogens is 312 g/mol. The summed E-state index contributed by atoms with van der Waals surface area (Å²) in [5.74, 6) is 0. The average Bonchev–Trinajstić information content (AvgIpc) is 2.69. The lowest BCUT2D eigenvalue weighted by Crippen LogP contribution is -2.39. The van der Waals surface area contributed by atoms with E-state index in [0.29, 0.717) is 12.6 Å². The summed E-state index contributed by atoms with van der Waals surface area (Å²) in [7, 11) is 1.82. The maximum atomic E-state index is 5.77. The summed E-state index contributed by atoms with van der Waals surface area (Å²) in [6.07, 6.45) is 6.13. The zero-order valence-corrected chi connectivity index (χ0v) is 16.5. The van der Waals surface area contributed by atoms with E-state index in [4.69, 9.17) is 15.2 Å². The van der Waals surface area contributed by atoms with Gasteiger partial charge in [-0.2, -0.15) is 0 Å². The van der Waals surface area contributed by atoms with Gasteiger partial charge in [-0.25, -0.2) is 0 Å². The van der Waals surface area contributed by atoms with Crippen LogP contribution in [0.15, 0.2) is 24.3 Å². The third-order valence-corrected chi connectivity index (χ3v) is 4.54. The lowest BCUT2D eigenvalue weighted by Gasteiger charge is -2.31. The maximum Gasteiger partial charge on any atom is 0.0698 e. The summed E-state index contributed by atoms with van der Waals surface area (Å²) in [6.45, 7) is 9.72. The van der Waals surface area contributed by atoms with E-state index in [1.165, 1.54) is 30.5 Å². The second-order valence-electron chi connectivity index (χ2n) is 6.39. The van der Waals surface area contributed by atoms with Crippen LogP contribution in [0, 0.1) is 0 Å². The van der Waals surface area contributed by atoms with E-state index in [0.717, 1.165) is 45.6 Å². The fraction of sp³-hybridized carbons (Fsp3) is 0.714. The van der Waals surface area contributed by atoms with Gasteiger partial charge in [0, 0.05) is 40.0 Å². The highest BCUT2D eigenvalue weighted by Gasteiger charge is 2.18. The fourth-order valence-electron chi connectivity index (χ4n) is 3.19. The first-order valence-electron chi connectivity index (χ1n) is 9.92. The molecule has 2 N–H and O–H groups in total. The van der Waals surface area contributed by atoms with Crippen molar-refractivity contribution in [2.24, 2.45) is 5.73 Å². The van der Waals surface area contributed by atoms with Crippen molar-refractivity contribution >= 4 is 0 Å². The van der Waals surface area contributed by atoms with Crippen molar-refractivity contribution in [3.63, 3.8) is 0 Å². The first-order chi connectivity index (χ1) is 12.3. The van der Waals surface area contributed by atoms with Crippen LogP contribution in [0.4, 0.5) is 0 Å². The minimum atomic E-state index is 0.425. The van der Waals surface area contributed by atoms with Crippen LogP contribution in [0.25, 0.3) is 0 Å². The number of ether oxygens (including phenoxy) is 2. The van der Waals surface area contributed by atoms with Gasteiger partial charge in [0.25, 0.3) is 0 Å². The highest BCUT2D eigenvalue weighted by molar-refractivity contribution is 5.23. The van der Waals surface area contributed by atoms with Gasteiger partial charge in [-0.3, -0.25) is 0 Å². The average molecular weight is 351 g/mol. The van der Waals surface area contributed by atoms with Crippen LogP contribution >= 0.6 is 0 Å². The minimum Gasteiger partial charge on any atom is -0.381 e. The number of methoxy groups -OCH3 is 1. The molecule has 1 aliphatic heterocycles. The van der Waals surface area contributed by atoms with E-state index in [2.05, 4.69) is 29.2 Å². The molecule has 1 fully saturated rings. The van der Waals surface area contributed by atoms with Crippen LogP contribution in [-0.4, -0.2) is 51.0 Å². The largest absolute Gasteiger partial charge is 0.381 e. The predicted molar refractivity (Wildman–Crippen MR) is 106 cm³/mol. The van der Waals surface area contributed by atoms with Crippen molar-refractivity contribution in [2.45, 2.75) is 58.6 Å². The van der Waals surface area contributed by atoms with E-state index >= 15 is 0 Å². The van der Waals surface area contributed by atoms with Crippen molar-refractivity contribution in [1.82, 2.24) is 4.90 Å². The summed E-state index contributed by atoms with van der Waals surface area (Å²) >= 11 is 0. The summed E-state index contributed by atoms with van der Waals surface area (Å²) in [4.78, 5) is 2.50. The molecular formula is C21H38N2O2. The van der Waals surface area contributed by atoms with Crippen LogP contribution in [0.1, 0.15) is 50.7 Å². The molecule has 0 bridgehead atoms.